The van der Waals surface area contributed by atoms with Crippen molar-refractivity contribution < 1.29 is 4.74 Å². The zero-order chi connectivity index (χ0) is 13.8. The Bertz CT molecular complexity index is 673. The van der Waals surface area contributed by atoms with Crippen LogP contribution >= 0.6 is 11.3 Å². The van der Waals surface area contributed by atoms with Crippen molar-refractivity contribution in [1.29, 1.82) is 0 Å². The lowest BCUT2D eigenvalue weighted by Crippen LogP contribution is -2.07. The van der Waals surface area contributed by atoms with Crippen molar-refractivity contribution >= 4 is 22.1 Å². The maximum Gasteiger partial charge on any atom is 0.131 e. The number of rotatable bonds is 5. The molecule has 2 aromatic carbocycles. The van der Waals surface area contributed by atoms with E-state index in [0.29, 0.717) is 13.0 Å². The minimum absolute atomic E-state index is 0.0293. The number of fused-ring (bicyclic) bond motifs is 1. The third kappa shape index (κ3) is 2.69. The maximum absolute atomic E-state index is 7.49. The highest BCUT2D eigenvalue weighted by molar-refractivity contribution is 7.10. The molecule has 2 nitrogen and oxygen atoms in total. The van der Waals surface area contributed by atoms with Crippen molar-refractivity contribution in [1.82, 2.24) is 0 Å². The van der Waals surface area contributed by atoms with Gasteiger partial charge in [-0.15, -0.1) is 17.9 Å². The molecule has 0 amide bonds. The van der Waals surface area contributed by atoms with Gasteiger partial charge in [-0.25, -0.2) is 0 Å². The fraction of sp³-hybridized carbons (Fsp3) is 0.176. The quantitative estimate of drug-likeness (QED) is 0.611. The third-order valence-corrected chi connectivity index (χ3v) is 4.25. The van der Waals surface area contributed by atoms with Gasteiger partial charge in [0.1, 0.15) is 11.9 Å². The van der Waals surface area contributed by atoms with E-state index >= 15 is 0 Å². The van der Waals surface area contributed by atoms with Crippen molar-refractivity contribution in [3.63, 3.8) is 0 Å². The van der Waals surface area contributed by atoms with Gasteiger partial charge >= 0.3 is 0 Å². The van der Waals surface area contributed by atoms with E-state index in [1.54, 1.807) is 11.3 Å². The molecule has 0 fully saturated rings. The molecule has 0 spiro atoms. The molecule has 0 saturated heterocycles. The molecule has 1 N–H and O–H groups in total. The molecule has 102 valence electrons. The SMILES string of the molecule is [NH-]CC[C@H](Oc1cccc2ccccc12)c1cccs1. The Hall–Kier alpha value is -1.84. The number of benzene rings is 2. The normalized spacial score (nSPS) is 12.4. The summed E-state index contributed by atoms with van der Waals surface area (Å²) in [6.07, 6.45) is 0.683. The van der Waals surface area contributed by atoms with E-state index in [1.165, 1.54) is 10.3 Å². The van der Waals surface area contributed by atoms with Crippen LogP contribution in [-0.4, -0.2) is 6.54 Å². The molecular weight excluding hydrogens is 266 g/mol. The van der Waals surface area contributed by atoms with Gasteiger partial charge in [0.2, 0.25) is 0 Å². The van der Waals surface area contributed by atoms with E-state index in [4.69, 9.17) is 10.5 Å². The highest BCUT2D eigenvalue weighted by atomic mass is 32.1. The maximum atomic E-state index is 7.49. The molecule has 0 bridgehead atoms. The number of ether oxygens (including phenoxy) is 1. The Morgan fingerprint density at radius 2 is 1.85 bits per heavy atom. The standard InChI is InChI=1S/C17H16NOS/c18-11-10-16(17-9-4-12-20-17)19-15-8-3-6-13-5-1-2-7-14(13)15/h1-9,12,16,18H,10-11H2/q-1/t16-/m0/s1. The Kier molecular flexibility index (Phi) is 4.00. The molecule has 0 saturated carbocycles. The summed E-state index contributed by atoms with van der Waals surface area (Å²) < 4.78 is 6.20. The second kappa shape index (κ2) is 6.07. The molecule has 3 rings (SSSR count). The lowest BCUT2D eigenvalue weighted by molar-refractivity contribution is 0.207. The van der Waals surface area contributed by atoms with Gasteiger partial charge in [-0.1, -0.05) is 42.5 Å². The average molecular weight is 282 g/mol. The van der Waals surface area contributed by atoms with Crippen LogP contribution in [0.1, 0.15) is 17.4 Å². The highest BCUT2D eigenvalue weighted by Crippen LogP contribution is 2.32. The predicted octanol–water partition coefficient (Wildman–Crippen LogP) is 5.46. The van der Waals surface area contributed by atoms with Crippen molar-refractivity contribution in [2.24, 2.45) is 0 Å². The van der Waals surface area contributed by atoms with Crippen LogP contribution in [0.4, 0.5) is 0 Å². The molecule has 3 heteroatoms. The number of thiophene rings is 1. The van der Waals surface area contributed by atoms with Gasteiger partial charge in [-0.2, -0.15) is 0 Å². The van der Waals surface area contributed by atoms with Crippen LogP contribution < -0.4 is 4.74 Å². The summed E-state index contributed by atoms with van der Waals surface area (Å²) in [4.78, 5) is 1.19. The van der Waals surface area contributed by atoms with E-state index in [2.05, 4.69) is 29.6 Å². The fourth-order valence-corrected chi connectivity index (χ4v) is 3.11. The summed E-state index contributed by atoms with van der Waals surface area (Å²) in [6.45, 7) is 0.368. The number of hydrogen-bond donors (Lipinski definition) is 0. The van der Waals surface area contributed by atoms with Gasteiger partial charge in [0.05, 0.1) is 0 Å². The summed E-state index contributed by atoms with van der Waals surface area (Å²) in [5.74, 6) is 0.898. The Morgan fingerprint density at radius 3 is 2.65 bits per heavy atom. The molecule has 0 aliphatic carbocycles. The Morgan fingerprint density at radius 1 is 1.00 bits per heavy atom. The summed E-state index contributed by atoms with van der Waals surface area (Å²) >= 11 is 1.69. The van der Waals surface area contributed by atoms with Crippen molar-refractivity contribution in [3.05, 3.63) is 70.6 Å². The summed E-state index contributed by atoms with van der Waals surface area (Å²) in [6, 6.07) is 18.5. The average Bonchev–Trinajstić information content (AvgIpc) is 3.01. The van der Waals surface area contributed by atoms with Crippen LogP contribution in [0.3, 0.4) is 0 Å². The molecular formula is C17H16NOS-. The van der Waals surface area contributed by atoms with E-state index < -0.39 is 0 Å². The van der Waals surface area contributed by atoms with Gasteiger partial charge < -0.3 is 10.5 Å². The first-order valence-corrected chi connectivity index (χ1v) is 7.59. The molecule has 20 heavy (non-hydrogen) atoms. The van der Waals surface area contributed by atoms with Crippen LogP contribution in [-0.2, 0) is 0 Å². The van der Waals surface area contributed by atoms with Crippen molar-refractivity contribution in [2.75, 3.05) is 6.54 Å². The third-order valence-electron chi connectivity index (χ3n) is 3.29. The Labute approximate surface area is 122 Å². The van der Waals surface area contributed by atoms with Gasteiger partial charge in [-0.3, -0.25) is 0 Å². The number of hydrogen-bond acceptors (Lipinski definition) is 2. The number of nitrogens with one attached hydrogen (secondary N) is 1. The molecule has 1 atom stereocenters. The van der Waals surface area contributed by atoms with Gasteiger partial charge in [0.15, 0.2) is 0 Å². The van der Waals surface area contributed by atoms with Crippen LogP contribution in [0.25, 0.3) is 16.5 Å². The molecule has 1 heterocycles. The minimum atomic E-state index is -0.0293. The first kappa shape index (κ1) is 13.2. The van der Waals surface area contributed by atoms with Crippen LogP contribution in [0, 0.1) is 0 Å². The monoisotopic (exact) mass is 282 g/mol. The largest absolute Gasteiger partial charge is 0.677 e. The fourth-order valence-electron chi connectivity index (χ4n) is 2.32. The van der Waals surface area contributed by atoms with Gasteiger partial charge in [0.25, 0.3) is 0 Å². The van der Waals surface area contributed by atoms with E-state index in [9.17, 15) is 0 Å². The smallest absolute Gasteiger partial charge is 0.131 e. The highest BCUT2D eigenvalue weighted by Gasteiger charge is 2.13. The van der Waals surface area contributed by atoms with Crippen LogP contribution in [0.15, 0.2) is 60.0 Å². The van der Waals surface area contributed by atoms with Gasteiger partial charge in [-0.05, 0) is 29.3 Å². The molecule has 0 radical (unpaired) electrons. The zero-order valence-corrected chi connectivity index (χ0v) is 11.9. The van der Waals surface area contributed by atoms with Crippen molar-refractivity contribution in [3.8, 4) is 5.75 Å². The first-order valence-electron chi connectivity index (χ1n) is 6.71. The van der Waals surface area contributed by atoms with Gasteiger partial charge in [0, 0.05) is 10.3 Å². The summed E-state index contributed by atoms with van der Waals surface area (Å²) in [5.41, 5.74) is 7.49. The first-order chi connectivity index (χ1) is 9.88. The summed E-state index contributed by atoms with van der Waals surface area (Å²) in [5, 5.41) is 4.36. The second-order valence-electron chi connectivity index (χ2n) is 4.64. The molecule has 3 aromatic rings. The molecule has 0 aliphatic rings. The van der Waals surface area contributed by atoms with E-state index in [1.807, 2.05) is 30.3 Å². The Balaban J connectivity index is 1.94. The van der Waals surface area contributed by atoms with Crippen molar-refractivity contribution in [2.45, 2.75) is 12.5 Å². The lowest BCUT2D eigenvalue weighted by atomic mass is 10.1. The zero-order valence-electron chi connectivity index (χ0n) is 11.1. The molecule has 1 aromatic heterocycles. The van der Waals surface area contributed by atoms with E-state index in [0.717, 1.165) is 11.1 Å². The predicted molar refractivity (Wildman–Crippen MR) is 85.4 cm³/mol. The minimum Gasteiger partial charge on any atom is -0.677 e. The summed E-state index contributed by atoms with van der Waals surface area (Å²) in [7, 11) is 0. The second-order valence-corrected chi connectivity index (χ2v) is 5.62. The topological polar surface area (TPSA) is 33.0 Å². The van der Waals surface area contributed by atoms with E-state index in [-0.39, 0.29) is 6.10 Å². The van der Waals surface area contributed by atoms with Crippen LogP contribution in [0.5, 0.6) is 5.75 Å². The molecule has 0 unspecified atom stereocenters. The lowest BCUT2D eigenvalue weighted by Gasteiger charge is -2.20. The molecule has 0 aliphatic heterocycles. The van der Waals surface area contributed by atoms with Crippen LogP contribution in [0.2, 0.25) is 0 Å².